The Balaban J connectivity index is 1.82. The topological polar surface area (TPSA) is 166 Å². The third kappa shape index (κ3) is 9.10. The molecule has 0 bridgehead atoms. The number of carboxylic acids is 1. The van der Waals surface area contributed by atoms with Crippen LogP contribution in [-0.4, -0.2) is 74.6 Å². The highest BCUT2D eigenvalue weighted by Gasteiger charge is 2.24. The minimum atomic E-state index is -3.84. The van der Waals surface area contributed by atoms with Gasteiger partial charge in [0.25, 0.3) is 5.91 Å². The lowest BCUT2D eigenvalue weighted by Crippen LogP contribution is -2.48. The van der Waals surface area contributed by atoms with Crippen LogP contribution in [0.5, 0.6) is 0 Å². The summed E-state index contributed by atoms with van der Waals surface area (Å²) in [4.78, 5) is 41.0. The number of aliphatic carboxylic acids is 1. The van der Waals surface area contributed by atoms with Crippen LogP contribution in [0, 0.1) is 0 Å². The highest BCUT2D eigenvalue weighted by molar-refractivity contribution is 7.89. The molecule has 0 saturated carbocycles. The van der Waals surface area contributed by atoms with Gasteiger partial charge in [-0.3, -0.25) is 24.7 Å². The second-order valence-corrected chi connectivity index (χ2v) is 10.3. The number of alkyl halides is 1. The summed E-state index contributed by atoms with van der Waals surface area (Å²) in [6, 6.07) is 1.78. The van der Waals surface area contributed by atoms with E-state index in [2.05, 4.69) is 20.9 Å². The summed E-state index contributed by atoms with van der Waals surface area (Å²) in [5.74, 6) is -1.84. The van der Waals surface area contributed by atoms with Crippen molar-refractivity contribution in [3.8, 4) is 0 Å². The number of aliphatic imine (C=N–C) groups is 1. The van der Waals surface area contributed by atoms with E-state index >= 15 is 0 Å². The quantitative estimate of drug-likeness (QED) is 0.246. The molecule has 14 heteroatoms. The number of aryl methyl sites for hydroxylation is 1. The van der Waals surface area contributed by atoms with E-state index in [4.69, 9.17) is 11.6 Å². The van der Waals surface area contributed by atoms with E-state index in [1.165, 1.54) is 11.3 Å². The molecular weight excluding hydrogens is 482 g/mol. The number of sulfonamides is 1. The van der Waals surface area contributed by atoms with Gasteiger partial charge in [-0.25, -0.2) is 8.42 Å². The van der Waals surface area contributed by atoms with Crippen LogP contribution in [0.3, 0.4) is 0 Å². The standard InChI is InChI=1S/C18H26ClN5O6S2/c19-7-1-10-32(29,30)24-13(17(27)28)11-22-16(26)14-5-3-12(31-14)4-6-15(25)23-18-20-8-2-9-21-18/h3,5,13,24H,1-2,4,6-11H2,(H,22,26)(H,27,28)(H2,20,21,23,25). The van der Waals surface area contributed by atoms with E-state index in [0.717, 1.165) is 17.8 Å². The van der Waals surface area contributed by atoms with Crippen LogP contribution in [0.15, 0.2) is 17.1 Å². The number of hydrogen-bond acceptors (Lipinski definition) is 8. The van der Waals surface area contributed by atoms with Gasteiger partial charge < -0.3 is 15.7 Å². The first-order valence-electron chi connectivity index (χ1n) is 9.94. The number of nitrogens with one attached hydrogen (secondary N) is 4. The molecule has 1 aromatic heterocycles. The molecule has 0 fully saturated rings. The molecule has 32 heavy (non-hydrogen) atoms. The molecule has 2 rings (SSSR count). The fourth-order valence-corrected chi connectivity index (χ4v) is 5.14. The van der Waals surface area contributed by atoms with Gasteiger partial charge in [0.15, 0.2) is 5.96 Å². The van der Waals surface area contributed by atoms with Gasteiger partial charge in [0.05, 0.1) is 10.6 Å². The number of hydrogen-bond donors (Lipinski definition) is 5. The number of carbonyl (C=O) groups excluding carboxylic acids is 2. The van der Waals surface area contributed by atoms with Crippen molar-refractivity contribution in [2.75, 3.05) is 31.3 Å². The lowest BCUT2D eigenvalue weighted by Gasteiger charge is -2.15. The van der Waals surface area contributed by atoms with Gasteiger partial charge in [-0.05, 0) is 31.4 Å². The Hall–Kier alpha value is -2.22. The van der Waals surface area contributed by atoms with Gasteiger partial charge in [0, 0.05) is 36.8 Å². The summed E-state index contributed by atoms with van der Waals surface area (Å²) in [7, 11) is -3.84. The lowest BCUT2D eigenvalue weighted by atomic mass is 10.2. The first kappa shape index (κ1) is 26.0. The van der Waals surface area contributed by atoms with Crippen molar-refractivity contribution in [3.63, 3.8) is 0 Å². The van der Waals surface area contributed by atoms with E-state index in [0.29, 0.717) is 23.8 Å². The Morgan fingerprint density at radius 1 is 1.31 bits per heavy atom. The summed E-state index contributed by atoms with van der Waals surface area (Å²) < 4.78 is 25.8. The second-order valence-electron chi connectivity index (χ2n) is 6.90. The maximum Gasteiger partial charge on any atom is 0.323 e. The van der Waals surface area contributed by atoms with Crippen molar-refractivity contribution in [2.45, 2.75) is 31.7 Å². The average molecular weight is 508 g/mol. The fraction of sp³-hybridized carbons (Fsp3) is 0.556. The zero-order valence-electron chi connectivity index (χ0n) is 17.2. The molecule has 1 atom stereocenters. The summed E-state index contributed by atoms with van der Waals surface area (Å²) in [5.41, 5.74) is 0. The molecule has 1 aliphatic heterocycles. The predicted molar refractivity (Wildman–Crippen MR) is 122 cm³/mol. The van der Waals surface area contributed by atoms with Crippen molar-refractivity contribution in [2.24, 2.45) is 4.99 Å². The molecule has 1 aliphatic rings. The molecular formula is C18H26ClN5O6S2. The van der Waals surface area contributed by atoms with E-state index < -0.39 is 34.5 Å². The maximum atomic E-state index is 12.3. The molecule has 178 valence electrons. The van der Waals surface area contributed by atoms with Crippen LogP contribution in [0.2, 0.25) is 0 Å². The Kier molecular flexibility index (Phi) is 10.4. The smallest absolute Gasteiger partial charge is 0.323 e. The molecule has 1 unspecified atom stereocenters. The minimum absolute atomic E-state index is 0.128. The van der Waals surface area contributed by atoms with Crippen LogP contribution in [0.25, 0.3) is 0 Å². The molecule has 2 amide bonds. The molecule has 0 saturated heterocycles. The van der Waals surface area contributed by atoms with Crippen molar-refractivity contribution < 1.29 is 27.9 Å². The second kappa shape index (κ2) is 12.7. The summed E-state index contributed by atoms with van der Waals surface area (Å²) >= 11 is 6.64. The largest absolute Gasteiger partial charge is 0.480 e. The molecule has 0 aliphatic carbocycles. The first-order chi connectivity index (χ1) is 15.2. The van der Waals surface area contributed by atoms with Crippen molar-refractivity contribution in [1.82, 2.24) is 20.7 Å². The minimum Gasteiger partial charge on any atom is -0.480 e. The Labute approximate surface area is 195 Å². The van der Waals surface area contributed by atoms with E-state index in [1.807, 2.05) is 4.72 Å². The third-order valence-corrected chi connectivity index (χ3v) is 7.15. The van der Waals surface area contributed by atoms with Crippen molar-refractivity contribution >= 4 is 56.7 Å². The van der Waals surface area contributed by atoms with Crippen LogP contribution >= 0.6 is 22.9 Å². The number of thiophene rings is 1. The third-order valence-electron chi connectivity index (χ3n) is 4.27. The van der Waals surface area contributed by atoms with Crippen LogP contribution in [0.4, 0.5) is 0 Å². The van der Waals surface area contributed by atoms with E-state index in [9.17, 15) is 27.9 Å². The van der Waals surface area contributed by atoms with Crippen LogP contribution in [-0.2, 0) is 26.0 Å². The van der Waals surface area contributed by atoms with Gasteiger partial charge in [-0.2, -0.15) is 4.72 Å². The van der Waals surface area contributed by atoms with Crippen molar-refractivity contribution in [1.29, 1.82) is 0 Å². The SMILES string of the molecule is O=C(CCc1ccc(C(=O)NCC(NS(=O)(=O)CCCCl)C(=O)O)s1)NC1=NCCCN1. The molecule has 2 heterocycles. The first-order valence-corrected chi connectivity index (χ1v) is 12.9. The molecule has 11 nitrogen and oxygen atoms in total. The number of carbonyl (C=O) groups is 3. The van der Waals surface area contributed by atoms with Gasteiger partial charge in [0.2, 0.25) is 15.9 Å². The highest BCUT2D eigenvalue weighted by Crippen LogP contribution is 2.18. The summed E-state index contributed by atoms with van der Waals surface area (Å²) in [6.45, 7) is 1.02. The monoisotopic (exact) mass is 507 g/mol. The normalized spacial score (nSPS) is 14.7. The van der Waals surface area contributed by atoms with Crippen LogP contribution < -0.4 is 20.7 Å². The van der Waals surface area contributed by atoms with Crippen LogP contribution in [0.1, 0.15) is 33.8 Å². The average Bonchev–Trinajstić information content (AvgIpc) is 3.23. The molecule has 1 aromatic rings. The molecule has 0 radical (unpaired) electrons. The maximum absolute atomic E-state index is 12.3. The molecule has 0 aromatic carbocycles. The molecule has 5 N–H and O–H groups in total. The number of nitrogens with zero attached hydrogens (tertiary/aromatic N) is 1. The number of rotatable bonds is 12. The van der Waals surface area contributed by atoms with Crippen molar-refractivity contribution in [3.05, 3.63) is 21.9 Å². The zero-order chi connectivity index (χ0) is 23.6. The van der Waals surface area contributed by atoms with Gasteiger partial charge in [-0.1, -0.05) is 0 Å². The lowest BCUT2D eigenvalue weighted by molar-refractivity contribution is -0.138. The summed E-state index contributed by atoms with van der Waals surface area (Å²) in [5, 5.41) is 17.4. The van der Waals surface area contributed by atoms with Gasteiger partial charge in [0.1, 0.15) is 6.04 Å². The predicted octanol–water partition coefficient (Wildman–Crippen LogP) is -0.122. The van der Waals surface area contributed by atoms with E-state index in [1.54, 1.807) is 12.1 Å². The number of amides is 2. The number of carboxylic acid groups (broad SMARTS) is 1. The Bertz CT molecular complexity index is 949. The van der Waals surface area contributed by atoms with Gasteiger partial charge >= 0.3 is 5.97 Å². The number of halogens is 1. The van der Waals surface area contributed by atoms with Gasteiger partial charge in [-0.15, -0.1) is 22.9 Å². The zero-order valence-corrected chi connectivity index (χ0v) is 19.6. The van der Waals surface area contributed by atoms with E-state index in [-0.39, 0.29) is 30.4 Å². The Morgan fingerprint density at radius 2 is 2.09 bits per heavy atom. The highest BCUT2D eigenvalue weighted by atomic mass is 35.5. The fourth-order valence-electron chi connectivity index (χ4n) is 2.66. The number of guanidine groups is 1. The summed E-state index contributed by atoms with van der Waals surface area (Å²) in [6.07, 6.45) is 1.74. The molecule has 0 spiro atoms. The Morgan fingerprint density at radius 3 is 2.75 bits per heavy atom.